The highest BCUT2D eigenvalue weighted by atomic mass is 32.2. The van der Waals surface area contributed by atoms with Crippen LogP contribution in [-0.4, -0.2) is 38.4 Å². The van der Waals surface area contributed by atoms with Gasteiger partial charge >= 0.3 is 0 Å². The molecule has 4 aromatic rings. The third-order valence-corrected chi connectivity index (χ3v) is 5.91. The number of ether oxygens (including phenoxy) is 1. The summed E-state index contributed by atoms with van der Waals surface area (Å²) in [5, 5.41) is 15.9. The fraction of sp³-hybridized carbons (Fsp3) is 0.200. The van der Waals surface area contributed by atoms with Crippen molar-refractivity contribution >= 4 is 33.9 Å². The van der Waals surface area contributed by atoms with Crippen molar-refractivity contribution in [1.29, 1.82) is 0 Å². The molecule has 0 atom stereocenters. The first-order chi connectivity index (χ1) is 14.3. The molecule has 0 amide bonds. The van der Waals surface area contributed by atoms with Crippen molar-refractivity contribution in [1.82, 2.24) is 24.7 Å². The van der Waals surface area contributed by atoms with E-state index in [2.05, 4.69) is 35.4 Å². The second-order valence-corrected chi connectivity index (χ2v) is 7.91. The van der Waals surface area contributed by atoms with E-state index in [1.165, 1.54) is 0 Å². The van der Waals surface area contributed by atoms with Gasteiger partial charge in [-0.05, 0) is 24.3 Å². The van der Waals surface area contributed by atoms with Gasteiger partial charge in [0, 0.05) is 41.9 Å². The number of nitrogens with zero attached hydrogens (tertiary/aromatic N) is 5. The number of nitrogens with one attached hydrogen (secondary N) is 1. The maximum absolute atomic E-state index is 5.27. The lowest BCUT2D eigenvalue weighted by molar-refractivity contribution is 0.185. The zero-order chi connectivity index (χ0) is 19.9. The lowest BCUT2D eigenvalue weighted by Crippen LogP contribution is -2.07. The van der Waals surface area contributed by atoms with Gasteiger partial charge in [-0.15, -0.1) is 21.5 Å². The number of benzene rings is 1. The lowest BCUT2D eigenvalue weighted by Gasteiger charge is -2.09. The van der Waals surface area contributed by atoms with E-state index in [4.69, 9.17) is 4.74 Å². The van der Waals surface area contributed by atoms with E-state index >= 15 is 0 Å². The molecule has 29 heavy (non-hydrogen) atoms. The molecule has 0 radical (unpaired) electrons. The Hall–Kier alpha value is -2.75. The number of aromatic nitrogens is 5. The van der Waals surface area contributed by atoms with Crippen LogP contribution in [0.2, 0.25) is 0 Å². The average Bonchev–Trinajstić information content (AvgIpc) is 3.38. The zero-order valence-corrected chi connectivity index (χ0v) is 17.5. The SMILES string of the molecule is COCCn1c(SCc2csc(Nc3ccccc3)n2)nnc1-c1ccncc1. The summed E-state index contributed by atoms with van der Waals surface area (Å²) < 4.78 is 7.35. The second-order valence-electron chi connectivity index (χ2n) is 6.11. The van der Waals surface area contributed by atoms with Gasteiger partial charge in [0.1, 0.15) is 0 Å². The number of thiazole rings is 1. The van der Waals surface area contributed by atoms with Crippen LogP contribution in [0.15, 0.2) is 65.4 Å². The van der Waals surface area contributed by atoms with Gasteiger partial charge in [0.25, 0.3) is 0 Å². The fourth-order valence-electron chi connectivity index (χ4n) is 2.71. The number of hydrogen-bond donors (Lipinski definition) is 1. The van der Waals surface area contributed by atoms with Crippen LogP contribution in [0, 0.1) is 0 Å². The summed E-state index contributed by atoms with van der Waals surface area (Å²) in [4.78, 5) is 8.75. The number of anilines is 2. The van der Waals surface area contributed by atoms with Gasteiger partial charge in [-0.2, -0.15) is 0 Å². The molecule has 1 aromatic carbocycles. The first kappa shape index (κ1) is 19.6. The summed E-state index contributed by atoms with van der Waals surface area (Å²) in [7, 11) is 1.69. The minimum atomic E-state index is 0.589. The van der Waals surface area contributed by atoms with E-state index in [0.29, 0.717) is 18.9 Å². The summed E-state index contributed by atoms with van der Waals surface area (Å²) in [6.07, 6.45) is 3.52. The Labute approximate surface area is 177 Å². The molecule has 0 saturated heterocycles. The van der Waals surface area contributed by atoms with Crippen molar-refractivity contribution in [3.8, 4) is 11.4 Å². The Balaban J connectivity index is 1.46. The molecule has 0 fully saturated rings. The van der Waals surface area contributed by atoms with Crippen LogP contribution >= 0.6 is 23.1 Å². The van der Waals surface area contributed by atoms with E-state index < -0.39 is 0 Å². The molecular formula is C20H20N6OS2. The predicted octanol–water partition coefficient (Wildman–Crippen LogP) is 4.48. The van der Waals surface area contributed by atoms with Gasteiger partial charge in [-0.25, -0.2) is 4.98 Å². The molecule has 0 aliphatic heterocycles. The Kier molecular flexibility index (Phi) is 6.50. The average molecular weight is 425 g/mol. The summed E-state index contributed by atoms with van der Waals surface area (Å²) >= 11 is 3.21. The topological polar surface area (TPSA) is 77.8 Å². The molecule has 3 aromatic heterocycles. The van der Waals surface area contributed by atoms with Crippen LogP contribution in [0.5, 0.6) is 0 Å². The van der Waals surface area contributed by atoms with Gasteiger partial charge in [0.15, 0.2) is 16.1 Å². The van der Waals surface area contributed by atoms with E-state index in [-0.39, 0.29) is 0 Å². The fourth-order valence-corrected chi connectivity index (χ4v) is 4.40. The second kappa shape index (κ2) is 9.64. The molecule has 0 saturated carbocycles. The largest absolute Gasteiger partial charge is 0.383 e. The maximum Gasteiger partial charge on any atom is 0.191 e. The number of para-hydroxylation sites is 1. The van der Waals surface area contributed by atoms with Crippen molar-refractivity contribution in [2.24, 2.45) is 0 Å². The zero-order valence-electron chi connectivity index (χ0n) is 15.9. The van der Waals surface area contributed by atoms with Gasteiger partial charge < -0.3 is 10.1 Å². The van der Waals surface area contributed by atoms with Gasteiger partial charge in [-0.1, -0.05) is 30.0 Å². The van der Waals surface area contributed by atoms with Crippen molar-refractivity contribution < 1.29 is 4.74 Å². The minimum Gasteiger partial charge on any atom is -0.383 e. The van der Waals surface area contributed by atoms with Crippen molar-refractivity contribution in [3.05, 3.63) is 65.9 Å². The molecule has 0 bridgehead atoms. The van der Waals surface area contributed by atoms with Crippen LogP contribution in [0.1, 0.15) is 5.69 Å². The lowest BCUT2D eigenvalue weighted by atomic mass is 10.2. The Morgan fingerprint density at radius 3 is 2.72 bits per heavy atom. The van der Waals surface area contributed by atoms with E-state index in [1.807, 2.05) is 42.5 Å². The number of thioether (sulfide) groups is 1. The van der Waals surface area contributed by atoms with Gasteiger partial charge in [0.05, 0.1) is 18.8 Å². The monoisotopic (exact) mass is 424 g/mol. The standard InChI is InChI=1S/C20H20N6OS2/c1-27-12-11-26-18(15-7-9-21-10-8-15)24-25-20(26)29-14-17-13-28-19(23-17)22-16-5-3-2-4-6-16/h2-10,13H,11-12,14H2,1H3,(H,22,23). The Morgan fingerprint density at radius 2 is 1.93 bits per heavy atom. The van der Waals surface area contributed by atoms with Gasteiger partial charge in [0.2, 0.25) is 0 Å². The Bertz CT molecular complexity index is 1040. The number of pyridine rings is 1. The minimum absolute atomic E-state index is 0.589. The summed E-state index contributed by atoms with van der Waals surface area (Å²) in [6.45, 7) is 1.27. The third-order valence-electron chi connectivity index (χ3n) is 4.10. The summed E-state index contributed by atoms with van der Waals surface area (Å²) in [5.41, 5.74) is 3.02. The molecule has 0 spiro atoms. The molecular weight excluding hydrogens is 404 g/mol. The predicted molar refractivity (Wildman–Crippen MR) is 117 cm³/mol. The molecule has 0 unspecified atom stereocenters. The van der Waals surface area contributed by atoms with Crippen molar-refractivity contribution in [2.45, 2.75) is 17.5 Å². The number of hydrogen-bond acceptors (Lipinski definition) is 8. The quantitative estimate of drug-likeness (QED) is 0.397. The highest BCUT2D eigenvalue weighted by molar-refractivity contribution is 7.98. The first-order valence-corrected chi connectivity index (χ1v) is 10.9. The molecule has 9 heteroatoms. The molecule has 0 aliphatic carbocycles. The number of rotatable bonds is 9. The molecule has 148 valence electrons. The van der Waals surface area contributed by atoms with E-state index in [1.54, 1.807) is 42.6 Å². The van der Waals surface area contributed by atoms with Crippen LogP contribution in [-0.2, 0) is 17.0 Å². The highest BCUT2D eigenvalue weighted by Gasteiger charge is 2.15. The molecule has 1 N–H and O–H groups in total. The van der Waals surface area contributed by atoms with Crippen LogP contribution in [0.3, 0.4) is 0 Å². The van der Waals surface area contributed by atoms with Crippen LogP contribution in [0.25, 0.3) is 11.4 Å². The first-order valence-electron chi connectivity index (χ1n) is 9.05. The molecule has 0 aliphatic rings. The van der Waals surface area contributed by atoms with E-state index in [9.17, 15) is 0 Å². The smallest absolute Gasteiger partial charge is 0.191 e. The van der Waals surface area contributed by atoms with Crippen LogP contribution in [0.4, 0.5) is 10.8 Å². The van der Waals surface area contributed by atoms with Crippen LogP contribution < -0.4 is 5.32 Å². The van der Waals surface area contributed by atoms with Crippen molar-refractivity contribution in [2.75, 3.05) is 19.0 Å². The third kappa shape index (κ3) is 5.00. The molecule has 7 nitrogen and oxygen atoms in total. The van der Waals surface area contributed by atoms with Gasteiger partial charge in [-0.3, -0.25) is 9.55 Å². The summed E-state index contributed by atoms with van der Waals surface area (Å²) in [6, 6.07) is 13.9. The summed E-state index contributed by atoms with van der Waals surface area (Å²) in [5.74, 6) is 1.53. The molecule has 3 heterocycles. The number of methoxy groups -OCH3 is 1. The Morgan fingerprint density at radius 1 is 1.10 bits per heavy atom. The maximum atomic E-state index is 5.27. The highest BCUT2D eigenvalue weighted by Crippen LogP contribution is 2.28. The van der Waals surface area contributed by atoms with E-state index in [0.717, 1.165) is 33.1 Å². The normalized spacial score (nSPS) is 10.9. The van der Waals surface area contributed by atoms with Crippen molar-refractivity contribution in [3.63, 3.8) is 0 Å². The molecule has 4 rings (SSSR count).